The van der Waals surface area contributed by atoms with Gasteiger partial charge < -0.3 is 44.4 Å². The molecule has 5 heterocycles. The van der Waals surface area contributed by atoms with Crippen molar-refractivity contribution in [3.8, 4) is 33.6 Å². The first kappa shape index (κ1) is 43.1. The van der Waals surface area contributed by atoms with Crippen molar-refractivity contribution < 1.29 is 33.7 Å². The number of methoxy groups -OCH3 is 2. The third kappa shape index (κ3) is 8.71. The van der Waals surface area contributed by atoms with Gasteiger partial charge in [0.25, 0.3) is 0 Å². The van der Waals surface area contributed by atoms with Crippen molar-refractivity contribution in [3.05, 3.63) is 84.7 Å². The van der Waals surface area contributed by atoms with E-state index in [0.29, 0.717) is 39.1 Å². The Morgan fingerprint density at radius 3 is 2.21 bits per heavy atom. The van der Waals surface area contributed by atoms with E-state index in [9.17, 15) is 19.5 Å². The highest BCUT2D eigenvalue weighted by Gasteiger charge is 2.46. The Morgan fingerprint density at radius 1 is 0.839 bits per heavy atom. The molecule has 15 nitrogen and oxygen atoms in total. The second kappa shape index (κ2) is 18.4. The number of aromatic nitrogens is 4. The normalized spacial score (nSPS) is 21.0. The molecule has 0 bridgehead atoms. The number of fused-ring (bicyclic) bond motifs is 1. The van der Waals surface area contributed by atoms with E-state index in [-0.39, 0.29) is 29.7 Å². The van der Waals surface area contributed by atoms with Gasteiger partial charge >= 0.3 is 6.09 Å². The molecular formula is C47H58N8O7. The van der Waals surface area contributed by atoms with Gasteiger partial charge in [0.1, 0.15) is 17.7 Å². The topological polar surface area (TPSA) is 187 Å². The highest BCUT2D eigenvalue weighted by molar-refractivity contribution is 5.91. The van der Waals surface area contributed by atoms with Gasteiger partial charge in [0, 0.05) is 39.0 Å². The molecule has 0 radical (unpaired) electrons. The molecule has 8 rings (SSSR count). The van der Waals surface area contributed by atoms with Gasteiger partial charge in [-0.05, 0) is 96.9 Å². The van der Waals surface area contributed by atoms with E-state index in [2.05, 4.69) is 88.2 Å². The number of carbonyl (C=O) groups is 3. The van der Waals surface area contributed by atoms with Crippen molar-refractivity contribution >= 4 is 28.7 Å². The maximum Gasteiger partial charge on any atom is 0.407 e. The minimum absolute atomic E-state index is 0.0268. The zero-order chi connectivity index (χ0) is 43.5. The summed E-state index contributed by atoms with van der Waals surface area (Å²) in [4.78, 5) is 60.4. The third-order valence-corrected chi connectivity index (χ3v) is 13.1. The van der Waals surface area contributed by atoms with Crippen molar-refractivity contribution in [1.82, 2.24) is 40.4 Å². The molecule has 5 aromatic rings. The number of nitrogens with one attached hydrogen (secondary N) is 4. The number of benzene rings is 3. The number of aromatic amines is 2. The van der Waals surface area contributed by atoms with Gasteiger partial charge in [-0.1, -0.05) is 62.4 Å². The summed E-state index contributed by atoms with van der Waals surface area (Å²) < 4.78 is 15.4. The molecule has 3 aliphatic rings. The van der Waals surface area contributed by atoms with Crippen molar-refractivity contribution in [2.45, 2.75) is 89.4 Å². The van der Waals surface area contributed by atoms with Crippen LogP contribution in [0.25, 0.3) is 44.4 Å². The highest BCUT2D eigenvalue weighted by atomic mass is 16.6. The SMILES string of the molecule is COC(=O)N[C@H](C(=O)N1CCC[C@H]1c1ncc(-c2ccc3cc(-c4ccc(-c5cnc(C6(C)CCCN6C(=O)[C@@H](NC(O)OC)C(C)C)[nH]5)cc4)ccc3c2)[nH]1)C1CCOCC1. The van der Waals surface area contributed by atoms with Crippen LogP contribution in [0.15, 0.2) is 73.1 Å². The number of ether oxygens (including phenoxy) is 3. The number of alkyl carbamates (subject to hydrolysis) is 1. The number of H-pyrrole nitrogens is 2. The second-order valence-electron chi connectivity index (χ2n) is 17.3. The second-order valence-corrected chi connectivity index (χ2v) is 17.3. The van der Waals surface area contributed by atoms with Gasteiger partial charge in [-0.25, -0.2) is 14.8 Å². The first-order valence-electron chi connectivity index (χ1n) is 21.7. The summed E-state index contributed by atoms with van der Waals surface area (Å²) in [6.45, 7) is 8.26. The Kier molecular flexibility index (Phi) is 12.8. The molecule has 3 aromatic carbocycles. The molecule has 0 saturated carbocycles. The molecule has 0 spiro atoms. The minimum Gasteiger partial charge on any atom is -0.453 e. The molecule has 3 saturated heterocycles. The lowest BCUT2D eigenvalue weighted by molar-refractivity contribution is -0.147. The first-order chi connectivity index (χ1) is 30.0. The Hall–Kier alpha value is -5.61. The molecule has 328 valence electrons. The number of nitrogens with zero attached hydrogens (tertiary/aromatic N) is 4. The van der Waals surface area contributed by atoms with E-state index in [0.717, 1.165) is 81.7 Å². The van der Waals surface area contributed by atoms with Crippen LogP contribution in [0.4, 0.5) is 4.79 Å². The molecule has 5 atom stereocenters. The molecule has 3 aliphatic heterocycles. The molecule has 2 unspecified atom stereocenters. The molecule has 0 aliphatic carbocycles. The maximum atomic E-state index is 14.0. The van der Waals surface area contributed by atoms with Gasteiger partial charge in [0.15, 0.2) is 0 Å². The van der Waals surface area contributed by atoms with Crippen LogP contribution < -0.4 is 10.6 Å². The molecule has 5 N–H and O–H groups in total. The van der Waals surface area contributed by atoms with E-state index in [4.69, 9.17) is 24.2 Å². The van der Waals surface area contributed by atoms with Crippen LogP contribution in [0.2, 0.25) is 0 Å². The van der Waals surface area contributed by atoms with Gasteiger partial charge in [0.2, 0.25) is 18.2 Å². The molecule has 62 heavy (non-hydrogen) atoms. The van der Waals surface area contributed by atoms with Crippen molar-refractivity contribution in [1.29, 1.82) is 0 Å². The lowest BCUT2D eigenvalue weighted by atomic mass is 9.90. The number of hydrogen-bond donors (Lipinski definition) is 5. The smallest absolute Gasteiger partial charge is 0.407 e. The third-order valence-electron chi connectivity index (χ3n) is 13.1. The number of amides is 3. The molecular weight excluding hydrogens is 789 g/mol. The fourth-order valence-corrected chi connectivity index (χ4v) is 9.44. The summed E-state index contributed by atoms with van der Waals surface area (Å²) in [6, 6.07) is 19.7. The predicted molar refractivity (Wildman–Crippen MR) is 234 cm³/mol. The van der Waals surface area contributed by atoms with Crippen LogP contribution in [-0.4, -0.2) is 112 Å². The van der Waals surface area contributed by atoms with Crippen molar-refractivity contribution in [2.75, 3.05) is 40.5 Å². The summed E-state index contributed by atoms with van der Waals surface area (Å²) >= 11 is 0. The summed E-state index contributed by atoms with van der Waals surface area (Å²) in [7, 11) is 2.70. The highest BCUT2D eigenvalue weighted by Crippen LogP contribution is 2.39. The van der Waals surface area contributed by atoms with Gasteiger partial charge in [-0.2, -0.15) is 0 Å². The lowest BCUT2D eigenvalue weighted by Crippen LogP contribution is -2.56. The van der Waals surface area contributed by atoms with Crippen LogP contribution in [-0.2, 0) is 29.3 Å². The predicted octanol–water partition coefficient (Wildman–Crippen LogP) is 6.48. The van der Waals surface area contributed by atoms with Crippen LogP contribution in [0, 0.1) is 11.8 Å². The van der Waals surface area contributed by atoms with E-state index in [1.54, 1.807) is 0 Å². The largest absolute Gasteiger partial charge is 0.453 e. The fourth-order valence-electron chi connectivity index (χ4n) is 9.44. The zero-order valence-electron chi connectivity index (χ0n) is 36.1. The number of aliphatic hydroxyl groups is 1. The van der Waals surface area contributed by atoms with Gasteiger partial charge in [0.05, 0.1) is 48.5 Å². The number of imidazole rings is 2. The fraction of sp³-hybridized carbons (Fsp3) is 0.468. The average Bonchev–Trinajstić information content (AvgIpc) is 4.14. The summed E-state index contributed by atoms with van der Waals surface area (Å²) in [6.07, 6.45) is 6.45. The van der Waals surface area contributed by atoms with E-state index in [1.807, 2.05) is 36.0 Å². The van der Waals surface area contributed by atoms with Crippen LogP contribution >= 0.6 is 0 Å². The number of hydrogen-bond acceptors (Lipinski definition) is 10. The standard InChI is InChI=1S/C47H58N8O7/c1-28(2)39(52-45(58)60-4)43(57)55-21-7-19-47(55,3)44-49-27-36(51-44)30-11-9-29(10-12-30)32-13-14-34-25-35(16-15-33(34)24-32)37-26-48-41(50-37)38-8-6-20-54(38)42(56)40(53-46(59)61-5)31-17-22-62-23-18-31/h9-16,24-28,31,38-40,45,52,58H,6-8,17-23H2,1-5H3,(H,48,50)(H,49,51)(H,53,59)/t38-,39-,40-,45?,47?/m0/s1. The summed E-state index contributed by atoms with van der Waals surface area (Å²) in [5.74, 6) is 1.18. The average molecular weight is 847 g/mol. The quantitative estimate of drug-likeness (QED) is 0.0822. The van der Waals surface area contributed by atoms with Crippen LogP contribution in [0.3, 0.4) is 0 Å². The number of carbonyl (C=O) groups excluding carboxylic acids is 3. The summed E-state index contributed by atoms with van der Waals surface area (Å²) in [5.41, 5.74) is 5.28. The Balaban J connectivity index is 0.946. The molecule has 3 fully saturated rings. The number of aliphatic hydroxyl groups excluding tert-OH is 1. The number of rotatable bonds is 13. The van der Waals surface area contributed by atoms with Crippen LogP contribution in [0.1, 0.15) is 77.0 Å². The van der Waals surface area contributed by atoms with E-state index < -0.39 is 30.1 Å². The summed E-state index contributed by atoms with van der Waals surface area (Å²) in [5, 5.41) is 18.0. The Bertz CT molecular complexity index is 2370. The Labute approximate surface area is 361 Å². The monoisotopic (exact) mass is 846 g/mol. The van der Waals surface area contributed by atoms with Gasteiger partial charge in [-0.15, -0.1) is 0 Å². The van der Waals surface area contributed by atoms with Gasteiger partial charge in [-0.3, -0.25) is 14.9 Å². The maximum absolute atomic E-state index is 14.0. The van der Waals surface area contributed by atoms with Crippen molar-refractivity contribution in [2.24, 2.45) is 11.8 Å². The van der Waals surface area contributed by atoms with Crippen molar-refractivity contribution in [3.63, 3.8) is 0 Å². The minimum atomic E-state index is -1.24. The van der Waals surface area contributed by atoms with E-state index >= 15 is 0 Å². The molecule has 2 aromatic heterocycles. The lowest BCUT2D eigenvalue weighted by Gasteiger charge is -2.37. The zero-order valence-corrected chi connectivity index (χ0v) is 36.1. The van der Waals surface area contributed by atoms with E-state index in [1.165, 1.54) is 14.2 Å². The molecule has 3 amide bonds. The Morgan fingerprint density at radius 2 is 1.50 bits per heavy atom. The number of likely N-dealkylation sites (tertiary alicyclic amines) is 2. The van der Waals surface area contributed by atoms with Crippen LogP contribution in [0.5, 0.6) is 0 Å². The first-order valence-corrected chi connectivity index (χ1v) is 21.7. The molecule has 15 heteroatoms.